The van der Waals surface area contributed by atoms with Crippen LogP contribution >= 0.6 is 0 Å². The van der Waals surface area contributed by atoms with E-state index in [0.717, 1.165) is 18.7 Å². The van der Waals surface area contributed by atoms with Gasteiger partial charge < -0.3 is 4.42 Å². The van der Waals surface area contributed by atoms with Gasteiger partial charge >= 0.3 is 0 Å². The standard InChI is InChI=1S/C8H10N2O2/c11-5-6-1-2-8(12-6)7-3-4-9-10-7/h1-2,5,7,9-10H,3-4H2. The molecule has 1 saturated heterocycles. The Balaban J connectivity index is 2.16. The predicted molar refractivity (Wildman–Crippen MR) is 42.6 cm³/mol. The van der Waals surface area contributed by atoms with Crippen molar-refractivity contribution in [1.82, 2.24) is 10.9 Å². The highest BCUT2D eigenvalue weighted by Gasteiger charge is 2.18. The van der Waals surface area contributed by atoms with Gasteiger partial charge in [-0.3, -0.25) is 10.2 Å². The minimum atomic E-state index is 0.207. The first kappa shape index (κ1) is 7.52. The van der Waals surface area contributed by atoms with Crippen molar-refractivity contribution in [3.63, 3.8) is 0 Å². The maximum absolute atomic E-state index is 10.3. The average Bonchev–Trinajstić information content (AvgIpc) is 2.75. The van der Waals surface area contributed by atoms with Gasteiger partial charge in [0.15, 0.2) is 12.0 Å². The zero-order valence-electron chi connectivity index (χ0n) is 6.54. The molecule has 1 unspecified atom stereocenters. The number of nitrogens with one attached hydrogen (secondary N) is 2. The summed E-state index contributed by atoms with van der Waals surface area (Å²) in [6.45, 7) is 0.932. The number of hydrogen-bond acceptors (Lipinski definition) is 4. The van der Waals surface area contributed by atoms with E-state index in [9.17, 15) is 4.79 Å². The molecule has 12 heavy (non-hydrogen) atoms. The van der Waals surface area contributed by atoms with E-state index in [1.165, 1.54) is 0 Å². The molecule has 1 aromatic rings. The molecule has 64 valence electrons. The van der Waals surface area contributed by atoms with Gasteiger partial charge in [-0.25, -0.2) is 5.43 Å². The molecule has 2 N–H and O–H groups in total. The van der Waals surface area contributed by atoms with Gasteiger partial charge in [0.2, 0.25) is 0 Å². The second-order valence-corrected chi connectivity index (χ2v) is 2.77. The van der Waals surface area contributed by atoms with Crippen molar-refractivity contribution in [1.29, 1.82) is 0 Å². The summed E-state index contributed by atoms with van der Waals surface area (Å²) in [4.78, 5) is 10.3. The van der Waals surface area contributed by atoms with E-state index in [2.05, 4.69) is 10.9 Å². The molecule has 0 radical (unpaired) electrons. The number of rotatable bonds is 2. The highest BCUT2D eigenvalue weighted by atomic mass is 16.3. The van der Waals surface area contributed by atoms with Crippen LogP contribution in [0.25, 0.3) is 0 Å². The molecule has 0 aromatic carbocycles. The second-order valence-electron chi connectivity index (χ2n) is 2.77. The lowest BCUT2D eigenvalue weighted by Crippen LogP contribution is -2.24. The Morgan fingerprint density at radius 1 is 1.58 bits per heavy atom. The average molecular weight is 166 g/mol. The normalized spacial score (nSPS) is 22.8. The zero-order chi connectivity index (χ0) is 8.39. The third-order valence-corrected chi connectivity index (χ3v) is 1.94. The number of furan rings is 1. The molecule has 4 nitrogen and oxygen atoms in total. The largest absolute Gasteiger partial charge is 0.457 e. The van der Waals surface area contributed by atoms with E-state index < -0.39 is 0 Å². The van der Waals surface area contributed by atoms with Gasteiger partial charge in [0, 0.05) is 6.54 Å². The van der Waals surface area contributed by atoms with E-state index >= 15 is 0 Å². The van der Waals surface area contributed by atoms with E-state index in [0.29, 0.717) is 12.0 Å². The molecule has 1 aliphatic heterocycles. The Bertz CT molecular complexity index is 276. The fraction of sp³-hybridized carbons (Fsp3) is 0.375. The number of hydrazine groups is 1. The lowest BCUT2D eigenvalue weighted by atomic mass is 10.2. The minimum Gasteiger partial charge on any atom is -0.457 e. The van der Waals surface area contributed by atoms with Gasteiger partial charge in [-0.15, -0.1) is 0 Å². The van der Waals surface area contributed by atoms with Crippen LogP contribution in [0.1, 0.15) is 28.8 Å². The lowest BCUT2D eigenvalue weighted by molar-refractivity contribution is 0.109. The van der Waals surface area contributed by atoms with Gasteiger partial charge in [0.05, 0.1) is 6.04 Å². The first-order valence-electron chi connectivity index (χ1n) is 3.93. The van der Waals surface area contributed by atoms with Gasteiger partial charge in [0.1, 0.15) is 5.76 Å². The molecule has 0 amide bonds. The Morgan fingerprint density at radius 3 is 3.08 bits per heavy atom. The zero-order valence-corrected chi connectivity index (χ0v) is 6.54. The van der Waals surface area contributed by atoms with E-state index in [4.69, 9.17) is 4.42 Å². The molecule has 1 fully saturated rings. The minimum absolute atomic E-state index is 0.207. The van der Waals surface area contributed by atoms with Crippen LogP contribution in [0.2, 0.25) is 0 Å². The van der Waals surface area contributed by atoms with E-state index in [1.807, 2.05) is 6.07 Å². The highest BCUT2D eigenvalue weighted by Crippen LogP contribution is 2.20. The molecule has 0 aliphatic carbocycles. The van der Waals surface area contributed by atoms with Crippen molar-refractivity contribution in [2.24, 2.45) is 0 Å². The van der Waals surface area contributed by atoms with Gasteiger partial charge in [0.25, 0.3) is 0 Å². The van der Waals surface area contributed by atoms with Crippen LogP contribution in [-0.4, -0.2) is 12.8 Å². The van der Waals surface area contributed by atoms with Crippen molar-refractivity contribution in [3.8, 4) is 0 Å². The summed E-state index contributed by atoms with van der Waals surface area (Å²) in [5, 5.41) is 0. The van der Waals surface area contributed by atoms with Crippen LogP contribution in [-0.2, 0) is 0 Å². The summed E-state index contributed by atoms with van der Waals surface area (Å²) in [6.07, 6.45) is 1.71. The third kappa shape index (κ3) is 1.26. The van der Waals surface area contributed by atoms with Crippen LogP contribution in [0, 0.1) is 0 Å². The summed E-state index contributed by atoms with van der Waals surface area (Å²) in [6, 6.07) is 3.72. The number of aldehydes is 1. The number of hydrogen-bond donors (Lipinski definition) is 2. The highest BCUT2D eigenvalue weighted by molar-refractivity contribution is 5.70. The quantitative estimate of drug-likeness (QED) is 0.633. The van der Waals surface area contributed by atoms with E-state index in [-0.39, 0.29) is 6.04 Å². The summed E-state index contributed by atoms with van der Waals surface area (Å²) in [7, 11) is 0. The molecular formula is C8H10N2O2. The number of carbonyl (C=O) groups is 1. The lowest BCUT2D eigenvalue weighted by Gasteiger charge is -2.03. The van der Waals surface area contributed by atoms with Crippen LogP contribution in [0.5, 0.6) is 0 Å². The summed E-state index contributed by atoms with van der Waals surface area (Å²) >= 11 is 0. The van der Waals surface area contributed by atoms with Crippen molar-refractivity contribution < 1.29 is 9.21 Å². The molecule has 0 saturated carbocycles. The van der Waals surface area contributed by atoms with Crippen molar-refractivity contribution >= 4 is 6.29 Å². The Kier molecular flexibility index (Phi) is 1.93. The van der Waals surface area contributed by atoms with Crippen molar-refractivity contribution in [3.05, 3.63) is 23.7 Å². The fourth-order valence-corrected chi connectivity index (χ4v) is 1.32. The molecule has 4 heteroatoms. The second kappa shape index (κ2) is 3.08. The number of carbonyl (C=O) groups excluding carboxylic acids is 1. The first-order valence-corrected chi connectivity index (χ1v) is 3.93. The van der Waals surface area contributed by atoms with Crippen LogP contribution in [0.15, 0.2) is 16.5 Å². The Morgan fingerprint density at radius 2 is 2.50 bits per heavy atom. The fourth-order valence-electron chi connectivity index (χ4n) is 1.32. The van der Waals surface area contributed by atoms with Gasteiger partial charge in [-0.1, -0.05) is 0 Å². The van der Waals surface area contributed by atoms with Crippen molar-refractivity contribution in [2.75, 3.05) is 6.54 Å². The smallest absolute Gasteiger partial charge is 0.185 e. The molecule has 1 aromatic heterocycles. The molecule has 0 spiro atoms. The summed E-state index contributed by atoms with van der Waals surface area (Å²) in [5.41, 5.74) is 6.05. The SMILES string of the molecule is O=Cc1ccc(C2CCNN2)o1. The first-order chi connectivity index (χ1) is 5.90. The monoisotopic (exact) mass is 166 g/mol. The Labute approximate surface area is 69.9 Å². The van der Waals surface area contributed by atoms with Gasteiger partial charge in [-0.2, -0.15) is 0 Å². The van der Waals surface area contributed by atoms with E-state index in [1.54, 1.807) is 6.07 Å². The third-order valence-electron chi connectivity index (χ3n) is 1.94. The van der Waals surface area contributed by atoms with Crippen LogP contribution in [0.4, 0.5) is 0 Å². The maximum atomic E-state index is 10.3. The van der Waals surface area contributed by atoms with Crippen LogP contribution < -0.4 is 10.9 Å². The molecule has 1 aliphatic rings. The molecule has 0 bridgehead atoms. The predicted octanol–water partition coefficient (Wildman–Crippen LogP) is 0.631. The summed E-state index contributed by atoms with van der Waals surface area (Å²) < 4.78 is 5.25. The molecule has 2 heterocycles. The molecule has 1 atom stereocenters. The Hall–Kier alpha value is -1.13. The molecular weight excluding hydrogens is 156 g/mol. The van der Waals surface area contributed by atoms with Crippen LogP contribution in [0.3, 0.4) is 0 Å². The summed E-state index contributed by atoms with van der Waals surface area (Å²) in [5.74, 6) is 1.21. The molecule has 2 rings (SSSR count). The van der Waals surface area contributed by atoms with Crippen molar-refractivity contribution in [2.45, 2.75) is 12.5 Å². The maximum Gasteiger partial charge on any atom is 0.185 e. The van der Waals surface area contributed by atoms with Gasteiger partial charge in [-0.05, 0) is 18.6 Å². The topological polar surface area (TPSA) is 54.3 Å².